The van der Waals surface area contributed by atoms with Crippen LogP contribution < -0.4 is 10.5 Å². The normalized spacial score (nSPS) is 11.5. The molecule has 0 radical (unpaired) electrons. The Kier molecular flexibility index (Phi) is 4.99. The monoisotopic (exact) mass is 265 g/mol. The van der Waals surface area contributed by atoms with Gasteiger partial charge in [0.25, 0.3) is 0 Å². The summed E-state index contributed by atoms with van der Waals surface area (Å²) in [5, 5.41) is 0. The lowest BCUT2D eigenvalue weighted by molar-refractivity contribution is -0.137. The maximum atomic E-state index is 12.4. The zero-order chi connectivity index (χ0) is 12.9. The molecule has 0 aliphatic rings. The summed E-state index contributed by atoms with van der Waals surface area (Å²) < 4.78 is 42.4. The maximum Gasteiger partial charge on any atom is 0.416 e. The topological polar surface area (TPSA) is 35.2 Å². The highest BCUT2D eigenvalue weighted by atomic mass is 32.2. The van der Waals surface area contributed by atoms with Crippen LogP contribution in [0.1, 0.15) is 12.5 Å². The van der Waals surface area contributed by atoms with Crippen molar-refractivity contribution >= 4 is 17.4 Å². The number of hydrogen-bond acceptors (Lipinski definition) is 3. The third-order valence-electron chi connectivity index (χ3n) is 2.03. The fraction of sp³-hybridized carbons (Fsp3) is 0.455. The van der Waals surface area contributed by atoms with Crippen LogP contribution in [0.25, 0.3) is 0 Å². The molecule has 0 fully saturated rings. The Labute approximate surface area is 102 Å². The van der Waals surface area contributed by atoms with E-state index in [0.29, 0.717) is 12.4 Å². The second kappa shape index (κ2) is 6.05. The average Bonchev–Trinajstić information content (AvgIpc) is 2.24. The largest absolute Gasteiger partial charge is 0.491 e. The highest BCUT2D eigenvalue weighted by molar-refractivity contribution is 7.99. The average molecular weight is 265 g/mol. The van der Waals surface area contributed by atoms with Gasteiger partial charge in [0, 0.05) is 5.75 Å². The predicted octanol–water partition coefficient (Wildman–Crippen LogP) is 3.42. The standard InChI is InChI=1S/C11H14F3NOS/c1-2-17-6-5-16-10-4-3-8(7-9(10)15)11(12,13)14/h3-4,7H,2,5-6,15H2,1H3. The second-order valence-electron chi connectivity index (χ2n) is 3.30. The Hall–Kier alpha value is -1.04. The van der Waals surface area contributed by atoms with Gasteiger partial charge in [0.15, 0.2) is 0 Å². The molecule has 0 saturated heterocycles. The van der Waals surface area contributed by atoms with Gasteiger partial charge in [-0.25, -0.2) is 0 Å². The van der Waals surface area contributed by atoms with Crippen molar-refractivity contribution in [3.05, 3.63) is 23.8 Å². The Morgan fingerprint density at radius 1 is 1.35 bits per heavy atom. The molecule has 96 valence electrons. The third kappa shape index (κ3) is 4.38. The van der Waals surface area contributed by atoms with E-state index in [0.717, 1.165) is 23.6 Å². The minimum atomic E-state index is -4.37. The Balaban J connectivity index is 2.64. The van der Waals surface area contributed by atoms with Crippen molar-refractivity contribution in [2.75, 3.05) is 23.8 Å². The van der Waals surface area contributed by atoms with Crippen LogP contribution in [0, 0.1) is 0 Å². The van der Waals surface area contributed by atoms with Gasteiger partial charge in [-0.15, -0.1) is 0 Å². The lowest BCUT2D eigenvalue weighted by Gasteiger charge is -2.11. The molecular weight excluding hydrogens is 251 g/mol. The summed E-state index contributed by atoms with van der Waals surface area (Å²) in [6, 6.07) is 3.12. The molecular formula is C11H14F3NOS. The summed E-state index contributed by atoms with van der Waals surface area (Å²) in [5.74, 6) is 2.07. The van der Waals surface area contributed by atoms with Crippen LogP contribution in [0.3, 0.4) is 0 Å². The molecule has 0 amide bonds. The first-order valence-corrected chi connectivity index (χ1v) is 6.28. The molecule has 0 aliphatic carbocycles. The fourth-order valence-corrected chi connectivity index (χ4v) is 1.70. The summed E-state index contributed by atoms with van der Waals surface area (Å²) in [4.78, 5) is 0. The van der Waals surface area contributed by atoms with E-state index in [4.69, 9.17) is 10.5 Å². The first-order chi connectivity index (χ1) is 7.95. The molecule has 0 heterocycles. The molecule has 0 atom stereocenters. The van der Waals surface area contributed by atoms with Crippen molar-refractivity contribution in [1.29, 1.82) is 0 Å². The van der Waals surface area contributed by atoms with E-state index >= 15 is 0 Å². The van der Waals surface area contributed by atoms with Gasteiger partial charge < -0.3 is 10.5 Å². The van der Waals surface area contributed by atoms with E-state index in [1.807, 2.05) is 6.92 Å². The Bertz CT molecular complexity index is 368. The molecule has 2 nitrogen and oxygen atoms in total. The van der Waals surface area contributed by atoms with Gasteiger partial charge in [0.2, 0.25) is 0 Å². The maximum absolute atomic E-state index is 12.4. The first kappa shape index (κ1) is 14.0. The molecule has 0 aliphatic heterocycles. The lowest BCUT2D eigenvalue weighted by Crippen LogP contribution is -2.07. The molecule has 1 aromatic rings. The number of anilines is 1. The predicted molar refractivity (Wildman–Crippen MR) is 64.4 cm³/mol. The number of thioether (sulfide) groups is 1. The third-order valence-corrected chi connectivity index (χ3v) is 2.89. The highest BCUT2D eigenvalue weighted by Crippen LogP contribution is 2.33. The summed E-state index contributed by atoms with van der Waals surface area (Å²) in [5.41, 5.74) is 4.76. The fourth-order valence-electron chi connectivity index (χ4n) is 1.21. The zero-order valence-corrected chi connectivity index (χ0v) is 10.2. The van der Waals surface area contributed by atoms with Crippen LogP contribution in [-0.2, 0) is 6.18 Å². The van der Waals surface area contributed by atoms with Gasteiger partial charge in [-0.3, -0.25) is 0 Å². The summed E-state index contributed by atoms with van der Waals surface area (Å²) in [6.45, 7) is 2.46. The number of nitrogen functional groups attached to an aromatic ring is 1. The minimum Gasteiger partial charge on any atom is -0.491 e. The van der Waals surface area contributed by atoms with Crippen molar-refractivity contribution in [2.24, 2.45) is 0 Å². The molecule has 0 saturated carbocycles. The van der Waals surface area contributed by atoms with Crippen LogP contribution in [0.2, 0.25) is 0 Å². The Morgan fingerprint density at radius 2 is 2.06 bits per heavy atom. The van der Waals surface area contributed by atoms with E-state index in [1.54, 1.807) is 11.8 Å². The molecule has 1 aromatic carbocycles. The number of benzene rings is 1. The molecule has 0 unspecified atom stereocenters. The molecule has 0 bridgehead atoms. The smallest absolute Gasteiger partial charge is 0.416 e. The number of ether oxygens (including phenoxy) is 1. The molecule has 1 rings (SSSR count). The van der Waals surface area contributed by atoms with Crippen molar-refractivity contribution in [3.63, 3.8) is 0 Å². The van der Waals surface area contributed by atoms with Gasteiger partial charge >= 0.3 is 6.18 Å². The van der Waals surface area contributed by atoms with E-state index in [-0.39, 0.29) is 5.69 Å². The number of nitrogens with two attached hydrogens (primary N) is 1. The number of halogens is 3. The van der Waals surface area contributed by atoms with Crippen molar-refractivity contribution in [3.8, 4) is 5.75 Å². The second-order valence-corrected chi connectivity index (χ2v) is 4.69. The molecule has 2 N–H and O–H groups in total. The van der Waals surface area contributed by atoms with Crippen molar-refractivity contribution in [1.82, 2.24) is 0 Å². The lowest BCUT2D eigenvalue weighted by atomic mass is 10.2. The molecule has 6 heteroatoms. The summed E-state index contributed by atoms with van der Waals surface area (Å²) >= 11 is 1.69. The highest BCUT2D eigenvalue weighted by Gasteiger charge is 2.30. The van der Waals surface area contributed by atoms with Gasteiger partial charge in [-0.05, 0) is 24.0 Å². The van der Waals surface area contributed by atoms with Gasteiger partial charge in [-0.2, -0.15) is 24.9 Å². The first-order valence-electron chi connectivity index (χ1n) is 5.12. The van der Waals surface area contributed by atoms with Crippen LogP contribution >= 0.6 is 11.8 Å². The Morgan fingerprint density at radius 3 is 2.59 bits per heavy atom. The van der Waals surface area contributed by atoms with Crippen LogP contribution in [0.5, 0.6) is 5.75 Å². The van der Waals surface area contributed by atoms with Gasteiger partial charge in [-0.1, -0.05) is 6.92 Å². The van der Waals surface area contributed by atoms with E-state index in [9.17, 15) is 13.2 Å². The van der Waals surface area contributed by atoms with Crippen LogP contribution in [0.15, 0.2) is 18.2 Å². The van der Waals surface area contributed by atoms with E-state index in [2.05, 4.69) is 0 Å². The molecule has 0 aromatic heterocycles. The number of rotatable bonds is 5. The minimum absolute atomic E-state index is 0.0151. The SMILES string of the molecule is CCSCCOc1ccc(C(F)(F)F)cc1N. The van der Waals surface area contributed by atoms with Crippen molar-refractivity contribution < 1.29 is 17.9 Å². The number of hydrogen-bond donors (Lipinski definition) is 1. The van der Waals surface area contributed by atoms with E-state index < -0.39 is 11.7 Å². The quantitative estimate of drug-likeness (QED) is 0.654. The summed E-state index contributed by atoms with van der Waals surface area (Å²) in [7, 11) is 0. The zero-order valence-electron chi connectivity index (χ0n) is 9.38. The van der Waals surface area contributed by atoms with Gasteiger partial charge in [0.05, 0.1) is 17.9 Å². The molecule has 0 spiro atoms. The summed E-state index contributed by atoms with van der Waals surface area (Å²) in [6.07, 6.45) is -4.37. The van der Waals surface area contributed by atoms with E-state index in [1.165, 1.54) is 6.07 Å². The van der Waals surface area contributed by atoms with Crippen LogP contribution in [0.4, 0.5) is 18.9 Å². The van der Waals surface area contributed by atoms with Crippen LogP contribution in [-0.4, -0.2) is 18.1 Å². The van der Waals surface area contributed by atoms with Gasteiger partial charge in [0.1, 0.15) is 5.75 Å². The molecule has 17 heavy (non-hydrogen) atoms. The number of alkyl halides is 3. The van der Waals surface area contributed by atoms with Crippen molar-refractivity contribution in [2.45, 2.75) is 13.1 Å².